The molecule has 1 aliphatic heterocycles. The lowest BCUT2D eigenvalue weighted by Crippen LogP contribution is -2.45. The second-order valence-electron chi connectivity index (χ2n) is 6.22. The van der Waals surface area contributed by atoms with E-state index in [1.54, 1.807) is 0 Å². The second-order valence-corrected chi connectivity index (χ2v) is 6.22. The molecule has 27 heavy (non-hydrogen) atoms. The van der Waals surface area contributed by atoms with E-state index >= 15 is 0 Å². The number of amides is 2. The lowest BCUT2D eigenvalue weighted by atomic mass is 10.2. The van der Waals surface area contributed by atoms with Gasteiger partial charge in [0.1, 0.15) is 0 Å². The Morgan fingerprint density at radius 1 is 1.04 bits per heavy atom. The first-order valence-electron chi connectivity index (χ1n) is 8.32. The molecule has 144 valence electrons. The van der Waals surface area contributed by atoms with Crippen molar-refractivity contribution in [3.05, 3.63) is 42.2 Å². The molecule has 0 saturated carbocycles. The van der Waals surface area contributed by atoms with Gasteiger partial charge in [0.25, 0.3) is 0 Å². The van der Waals surface area contributed by atoms with Crippen LogP contribution in [0.4, 0.5) is 35.3 Å². The van der Waals surface area contributed by atoms with Gasteiger partial charge >= 0.3 is 12.2 Å². The van der Waals surface area contributed by atoms with Crippen LogP contribution >= 0.6 is 0 Å². The fraction of sp³-hybridized carbons (Fsp3) is 0.353. The maximum atomic E-state index is 12.7. The minimum atomic E-state index is -4.47. The number of carbonyl (C=O) groups excluding carboxylic acids is 1. The summed E-state index contributed by atoms with van der Waals surface area (Å²) in [6.07, 6.45) is -1.54. The van der Waals surface area contributed by atoms with E-state index in [1.807, 2.05) is 11.9 Å². The van der Waals surface area contributed by atoms with Crippen LogP contribution in [-0.4, -0.2) is 54.1 Å². The van der Waals surface area contributed by atoms with Crippen LogP contribution in [0.5, 0.6) is 0 Å². The number of benzene rings is 1. The first-order valence-corrected chi connectivity index (χ1v) is 8.32. The molecule has 1 aromatic carbocycles. The van der Waals surface area contributed by atoms with Gasteiger partial charge in [0, 0.05) is 31.9 Å². The fourth-order valence-electron chi connectivity index (χ4n) is 2.62. The molecule has 3 rings (SSSR count). The summed E-state index contributed by atoms with van der Waals surface area (Å²) in [5.41, 5.74) is -0.449. The molecule has 2 N–H and O–H groups in total. The third-order valence-corrected chi connectivity index (χ3v) is 4.13. The molecule has 1 fully saturated rings. The first kappa shape index (κ1) is 18.9. The summed E-state index contributed by atoms with van der Waals surface area (Å²) < 4.78 is 38.1. The van der Waals surface area contributed by atoms with Crippen LogP contribution in [0, 0.1) is 0 Å². The summed E-state index contributed by atoms with van der Waals surface area (Å²) in [5, 5.41) is 4.87. The van der Waals surface area contributed by atoms with Crippen LogP contribution in [0.3, 0.4) is 0 Å². The number of carbonyl (C=O) groups is 1. The van der Waals surface area contributed by atoms with Crippen LogP contribution in [0.25, 0.3) is 0 Å². The second kappa shape index (κ2) is 7.78. The van der Waals surface area contributed by atoms with Crippen molar-refractivity contribution in [2.75, 3.05) is 48.8 Å². The predicted molar refractivity (Wildman–Crippen MR) is 95.8 cm³/mol. The smallest absolute Gasteiger partial charge is 0.338 e. The standard InChI is InChI=1S/C17H19F3N6O/c1-25-5-7-26(8-6-25)15-21-10-14(11-22-15)24-16(27)23-13-4-2-3-12(9-13)17(18,19)20/h2-4,9-11H,5-8H2,1H3,(H2,23,24,27). The van der Waals surface area contributed by atoms with Crippen molar-refractivity contribution >= 4 is 23.4 Å². The number of likely N-dealkylation sites (N-methyl/N-ethyl adjacent to an activating group) is 1. The van der Waals surface area contributed by atoms with Gasteiger partial charge in [-0.05, 0) is 25.2 Å². The Kier molecular flexibility index (Phi) is 5.45. The minimum Gasteiger partial charge on any atom is -0.338 e. The molecule has 7 nitrogen and oxygen atoms in total. The molecule has 1 saturated heterocycles. The van der Waals surface area contributed by atoms with Gasteiger partial charge in [0.05, 0.1) is 23.6 Å². The summed E-state index contributed by atoms with van der Waals surface area (Å²) in [4.78, 5) is 24.7. The van der Waals surface area contributed by atoms with Crippen LogP contribution in [-0.2, 0) is 6.18 Å². The molecule has 2 amide bonds. The highest BCUT2D eigenvalue weighted by Crippen LogP contribution is 2.30. The molecule has 2 heterocycles. The zero-order chi connectivity index (χ0) is 19.4. The number of halogens is 3. The van der Waals surface area contributed by atoms with E-state index in [2.05, 4.69) is 25.5 Å². The van der Waals surface area contributed by atoms with E-state index < -0.39 is 17.8 Å². The molecule has 0 bridgehead atoms. The van der Waals surface area contributed by atoms with Crippen LogP contribution in [0.2, 0.25) is 0 Å². The zero-order valence-corrected chi connectivity index (χ0v) is 14.6. The van der Waals surface area contributed by atoms with E-state index in [4.69, 9.17) is 0 Å². The van der Waals surface area contributed by atoms with Crippen molar-refractivity contribution in [3.63, 3.8) is 0 Å². The molecule has 1 aromatic heterocycles. The van der Waals surface area contributed by atoms with Crippen molar-refractivity contribution in [2.24, 2.45) is 0 Å². The summed E-state index contributed by atoms with van der Waals surface area (Å²) in [5.74, 6) is 0.576. The lowest BCUT2D eigenvalue weighted by molar-refractivity contribution is -0.137. The summed E-state index contributed by atoms with van der Waals surface area (Å²) in [7, 11) is 2.05. The quantitative estimate of drug-likeness (QED) is 0.857. The fourth-order valence-corrected chi connectivity index (χ4v) is 2.62. The summed E-state index contributed by atoms with van der Waals surface area (Å²) in [6, 6.07) is 3.74. The van der Waals surface area contributed by atoms with Gasteiger partial charge < -0.3 is 20.4 Å². The van der Waals surface area contributed by atoms with Gasteiger partial charge in [0.2, 0.25) is 5.95 Å². The van der Waals surface area contributed by atoms with E-state index in [1.165, 1.54) is 24.5 Å². The molecule has 2 aromatic rings. The maximum absolute atomic E-state index is 12.7. The Morgan fingerprint density at radius 3 is 2.30 bits per heavy atom. The number of aromatic nitrogens is 2. The van der Waals surface area contributed by atoms with Gasteiger partial charge in [-0.1, -0.05) is 6.07 Å². The van der Waals surface area contributed by atoms with Crippen molar-refractivity contribution in [3.8, 4) is 0 Å². The van der Waals surface area contributed by atoms with Crippen molar-refractivity contribution < 1.29 is 18.0 Å². The van der Waals surface area contributed by atoms with Crippen molar-refractivity contribution in [2.45, 2.75) is 6.18 Å². The Balaban J connectivity index is 1.58. The Labute approximate surface area is 154 Å². The van der Waals surface area contributed by atoms with Crippen LogP contribution in [0.1, 0.15) is 5.56 Å². The largest absolute Gasteiger partial charge is 0.416 e. The third-order valence-electron chi connectivity index (χ3n) is 4.13. The van der Waals surface area contributed by atoms with Gasteiger partial charge in [-0.15, -0.1) is 0 Å². The number of piperazine rings is 1. The lowest BCUT2D eigenvalue weighted by Gasteiger charge is -2.32. The Morgan fingerprint density at radius 2 is 1.67 bits per heavy atom. The monoisotopic (exact) mass is 380 g/mol. The zero-order valence-electron chi connectivity index (χ0n) is 14.6. The molecule has 0 radical (unpaired) electrons. The van der Waals surface area contributed by atoms with Gasteiger partial charge in [0.15, 0.2) is 0 Å². The van der Waals surface area contributed by atoms with Crippen LogP contribution < -0.4 is 15.5 Å². The number of anilines is 3. The van der Waals surface area contributed by atoms with Gasteiger partial charge in [-0.2, -0.15) is 13.2 Å². The normalized spacial score (nSPS) is 15.5. The average Bonchev–Trinajstić information content (AvgIpc) is 2.62. The topological polar surface area (TPSA) is 73.4 Å². The Hall–Kier alpha value is -2.88. The molecule has 0 atom stereocenters. The molecular weight excluding hydrogens is 361 g/mol. The predicted octanol–water partition coefficient (Wildman–Crippen LogP) is 2.89. The van der Waals surface area contributed by atoms with Crippen LogP contribution in [0.15, 0.2) is 36.7 Å². The number of nitrogens with zero attached hydrogens (tertiary/aromatic N) is 4. The highest BCUT2D eigenvalue weighted by Gasteiger charge is 2.30. The van der Waals surface area contributed by atoms with E-state index in [0.29, 0.717) is 11.6 Å². The number of hydrogen-bond acceptors (Lipinski definition) is 5. The average molecular weight is 380 g/mol. The number of urea groups is 1. The number of alkyl halides is 3. The Bertz CT molecular complexity index is 788. The first-order chi connectivity index (χ1) is 12.8. The van der Waals surface area contributed by atoms with Gasteiger partial charge in [-0.3, -0.25) is 0 Å². The number of nitrogens with one attached hydrogen (secondary N) is 2. The highest BCUT2D eigenvalue weighted by molar-refractivity contribution is 5.99. The van der Waals surface area contributed by atoms with E-state index in [-0.39, 0.29) is 5.69 Å². The molecule has 10 heteroatoms. The van der Waals surface area contributed by atoms with Crippen molar-refractivity contribution in [1.82, 2.24) is 14.9 Å². The summed E-state index contributed by atoms with van der Waals surface area (Å²) in [6.45, 7) is 3.48. The van der Waals surface area contributed by atoms with Crippen molar-refractivity contribution in [1.29, 1.82) is 0 Å². The SMILES string of the molecule is CN1CCN(c2ncc(NC(=O)Nc3cccc(C(F)(F)F)c3)cn2)CC1. The number of hydrogen-bond donors (Lipinski definition) is 2. The molecular formula is C17H19F3N6O. The highest BCUT2D eigenvalue weighted by atomic mass is 19.4. The summed E-state index contributed by atoms with van der Waals surface area (Å²) >= 11 is 0. The van der Waals surface area contributed by atoms with E-state index in [9.17, 15) is 18.0 Å². The maximum Gasteiger partial charge on any atom is 0.416 e. The molecule has 0 aliphatic carbocycles. The molecule has 0 spiro atoms. The third kappa shape index (κ3) is 5.07. The number of rotatable bonds is 3. The molecule has 0 unspecified atom stereocenters. The molecule has 1 aliphatic rings. The minimum absolute atomic E-state index is 0.0392. The van der Waals surface area contributed by atoms with Gasteiger partial charge in [-0.25, -0.2) is 14.8 Å². The van der Waals surface area contributed by atoms with E-state index in [0.717, 1.165) is 38.3 Å².